The van der Waals surface area contributed by atoms with Gasteiger partial charge in [0.15, 0.2) is 0 Å². The van der Waals surface area contributed by atoms with Crippen LogP contribution in [0.15, 0.2) is 33.9 Å². The van der Waals surface area contributed by atoms with E-state index in [1.54, 1.807) is 24.3 Å². The maximum atomic E-state index is 12.9. The third-order valence-electron chi connectivity index (χ3n) is 6.09. The third kappa shape index (κ3) is 3.12. The van der Waals surface area contributed by atoms with Crippen LogP contribution in [-0.4, -0.2) is 43.7 Å². The molecule has 2 N–H and O–H groups in total. The van der Waals surface area contributed by atoms with E-state index in [1.807, 2.05) is 0 Å². The van der Waals surface area contributed by atoms with Crippen molar-refractivity contribution in [1.82, 2.24) is 14.7 Å². The Kier molecular flexibility index (Phi) is 4.78. The molecule has 8 heteroatoms. The van der Waals surface area contributed by atoms with Gasteiger partial charge in [-0.3, -0.25) is 19.5 Å². The number of aromatic amines is 1. The number of amides is 1. The van der Waals surface area contributed by atoms with Crippen molar-refractivity contribution in [2.45, 2.75) is 57.2 Å². The maximum Gasteiger partial charge on any atom is 0.326 e. The van der Waals surface area contributed by atoms with Gasteiger partial charge in [-0.05, 0) is 37.3 Å². The molecule has 3 atom stereocenters. The fourth-order valence-corrected chi connectivity index (χ4v) is 4.78. The summed E-state index contributed by atoms with van der Waals surface area (Å²) in [4.78, 5) is 50.9. The van der Waals surface area contributed by atoms with Crippen LogP contribution in [0, 0.1) is 5.92 Å². The van der Waals surface area contributed by atoms with E-state index in [-0.39, 0.29) is 42.0 Å². The summed E-state index contributed by atoms with van der Waals surface area (Å²) < 4.78 is 1.15. The largest absolute Gasteiger partial charge is 0.480 e. The highest BCUT2D eigenvalue weighted by molar-refractivity contribution is 5.85. The number of hydrogen-bond acceptors (Lipinski definition) is 4. The lowest BCUT2D eigenvalue weighted by molar-refractivity contribution is -0.150. The van der Waals surface area contributed by atoms with Crippen molar-refractivity contribution >= 4 is 22.6 Å². The second kappa shape index (κ2) is 7.26. The molecule has 1 saturated carbocycles. The standard InChI is InChI=1S/C20H23N3O5/c24-17(23-15-8-4-1-5-12(15)11-16(23)20(27)28)9-10-22-19(26)14-7-3-2-6-13(14)18(25)21-22/h2-3,6-7,12,15-16H,1,4-5,8-11H2,(H,21,25)(H,27,28). The topological polar surface area (TPSA) is 112 Å². The SMILES string of the molecule is O=C(O)C1CC2CCCCC2N1C(=O)CCn1[nH]c(=O)c2ccccc2c1=O. The van der Waals surface area contributed by atoms with Crippen molar-refractivity contribution in [3.63, 3.8) is 0 Å². The summed E-state index contributed by atoms with van der Waals surface area (Å²) in [5, 5.41) is 12.7. The Hall–Kier alpha value is -2.90. The number of hydrogen-bond donors (Lipinski definition) is 2. The van der Waals surface area contributed by atoms with E-state index >= 15 is 0 Å². The van der Waals surface area contributed by atoms with Gasteiger partial charge in [-0.15, -0.1) is 0 Å². The summed E-state index contributed by atoms with van der Waals surface area (Å²) in [5.74, 6) is -1.01. The molecular weight excluding hydrogens is 362 g/mol. The predicted molar refractivity (Wildman–Crippen MR) is 102 cm³/mol. The Balaban J connectivity index is 1.56. The molecule has 8 nitrogen and oxygen atoms in total. The second-order valence-electron chi connectivity index (χ2n) is 7.70. The summed E-state index contributed by atoms with van der Waals surface area (Å²) in [7, 11) is 0. The number of H-pyrrole nitrogens is 1. The van der Waals surface area contributed by atoms with E-state index in [0.29, 0.717) is 17.2 Å². The van der Waals surface area contributed by atoms with E-state index < -0.39 is 12.0 Å². The van der Waals surface area contributed by atoms with Crippen LogP contribution in [0.5, 0.6) is 0 Å². The molecule has 2 heterocycles. The van der Waals surface area contributed by atoms with Crippen LogP contribution >= 0.6 is 0 Å². The zero-order chi connectivity index (χ0) is 19.8. The number of carboxylic acid groups (broad SMARTS) is 1. The number of likely N-dealkylation sites (tertiary alicyclic amines) is 1. The van der Waals surface area contributed by atoms with Crippen LogP contribution in [0.4, 0.5) is 0 Å². The molecule has 2 aromatic rings. The molecule has 148 valence electrons. The van der Waals surface area contributed by atoms with Gasteiger partial charge in [-0.25, -0.2) is 9.48 Å². The maximum absolute atomic E-state index is 12.9. The molecule has 0 spiro atoms. The summed E-state index contributed by atoms with van der Waals surface area (Å²) in [6.07, 6.45) is 4.32. The van der Waals surface area contributed by atoms with Crippen molar-refractivity contribution in [1.29, 1.82) is 0 Å². The lowest BCUT2D eigenvalue weighted by atomic mass is 9.84. The van der Waals surface area contributed by atoms with Crippen molar-refractivity contribution < 1.29 is 14.7 Å². The molecular formula is C20H23N3O5. The van der Waals surface area contributed by atoms with Gasteiger partial charge in [0.2, 0.25) is 5.91 Å². The molecule has 28 heavy (non-hydrogen) atoms. The van der Waals surface area contributed by atoms with Gasteiger partial charge in [0, 0.05) is 12.5 Å². The molecule has 0 bridgehead atoms. The van der Waals surface area contributed by atoms with Gasteiger partial charge in [-0.1, -0.05) is 25.0 Å². The average Bonchev–Trinajstić information content (AvgIpc) is 3.09. The Bertz CT molecular complexity index is 1040. The van der Waals surface area contributed by atoms with E-state index in [2.05, 4.69) is 5.10 Å². The number of carbonyl (C=O) groups is 2. The lowest BCUT2D eigenvalue weighted by Gasteiger charge is -2.33. The van der Waals surface area contributed by atoms with Crippen molar-refractivity contribution in [2.24, 2.45) is 5.92 Å². The molecule has 0 radical (unpaired) electrons. The minimum Gasteiger partial charge on any atom is -0.480 e. The fourth-order valence-electron chi connectivity index (χ4n) is 4.78. The van der Waals surface area contributed by atoms with E-state index in [4.69, 9.17) is 0 Å². The molecule has 2 fully saturated rings. The first-order valence-corrected chi connectivity index (χ1v) is 9.73. The molecule has 1 amide bonds. The van der Waals surface area contributed by atoms with Gasteiger partial charge in [0.1, 0.15) is 6.04 Å². The number of fused-ring (bicyclic) bond motifs is 2. The Morgan fingerprint density at radius 1 is 1.11 bits per heavy atom. The van der Waals surface area contributed by atoms with Crippen LogP contribution < -0.4 is 11.1 Å². The van der Waals surface area contributed by atoms with Crippen LogP contribution in [-0.2, 0) is 16.1 Å². The number of benzene rings is 1. The van der Waals surface area contributed by atoms with Crippen LogP contribution in [0.1, 0.15) is 38.5 Å². The summed E-state index contributed by atoms with van der Waals surface area (Å²) in [6, 6.07) is 5.70. The highest BCUT2D eigenvalue weighted by atomic mass is 16.4. The summed E-state index contributed by atoms with van der Waals surface area (Å²) >= 11 is 0. The zero-order valence-corrected chi connectivity index (χ0v) is 15.5. The smallest absolute Gasteiger partial charge is 0.326 e. The number of nitrogens with zero attached hydrogens (tertiary/aromatic N) is 2. The zero-order valence-electron chi connectivity index (χ0n) is 15.5. The first kappa shape index (κ1) is 18.5. The van der Waals surface area contributed by atoms with Crippen LogP contribution in [0.3, 0.4) is 0 Å². The number of carbonyl (C=O) groups excluding carboxylic acids is 1. The normalized spacial score (nSPS) is 24.3. The number of rotatable bonds is 4. The van der Waals surface area contributed by atoms with Crippen LogP contribution in [0.25, 0.3) is 10.8 Å². The van der Waals surface area contributed by atoms with Crippen LogP contribution in [0.2, 0.25) is 0 Å². The second-order valence-corrected chi connectivity index (χ2v) is 7.70. The first-order valence-electron chi connectivity index (χ1n) is 9.73. The molecule has 1 aromatic heterocycles. The Morgan fingerprint density at radius 3 is 2.57 bits per heavy atom. The summed E-state index contributed by atoms with van der Waals surface area (Å²) in [5.41, 5.74) is -0.755. The quantitative estimate of drug-likeness (QED) is 0.824. The molecule has 3 unspecified atom stereocenters. The predicted octanol–water partition coefficient (Wildman–Crippen LogP) is 1.32. The third-order valence-corrected chi connectivity index (χ3v) is 6.09. The lowest BCUT2D eigenvalue weighted by Crippen LogP contribution is -2.46. The number of aryl methyl sites for hydroxylation is 1. The summed E-state index contributed by atoms with van der Waals surface area (Å²) in [6.45, 7) is 0.0119. The molecule has 4 rings (SSSR count). The number of carboxylic acids is 1. The monoisotopic (exact) mass is 385 g/mol. The van der Waals surface area contributed by atoms with Gasteiger partial charge in [-0.2, -0.15) is 0 Å². The van der Waals surface area contributed by atoms with E-state index in [0.717, 1.165) is 30.4 Å². The van der Waals surface area contributed by atoms with E-state index in [1.165, 1.54) is 4.90 Å². The molecule has 1 aromatic carbocycles. The van der Waals surface area contributed by atoms with Gasteiger partial charge in [0.25, 0.3) is 11.1 Å². The molecule has 1 aliphatic carbocycles. The van der Waals surface area contributed by atoms with Crippen molar-refractivity contribution in [3.05, 3.63) is 45.0 Å². The highest BCUT2D eigenvalue weighted by Gasteiger charge is 2.47. The Morgan fingerprint density at radius 2 is 1.82 bits per heavy atom. The molecule has 1 aliphatic heterocycles. The van der Waals surface area contributed by atoms with Gasteiger partial charge in [0.05, 0.1) is 17.3 Å². The number of aliphatic carboxylic acids is 1. The number of nitrogens with one attached hydrogen (secondary N) is 1. The first-order chi connectivity index (χ1) is 13.5. The van der Waals surface area contributed by atoms with Crippen molar-refractivity contribution in [3.8, 4) is 0 Å². The molecule has 2 aliphatic rings. The van der Waals surface area contributed by atoms with Gasteiger partial charge >= 0.3 is 5.97 Å². The van der Waals surface area contributed by atoms with Crippen molar-refractivity contribution in [2.75, 3.05) is 0 Å². The number of aromatic nitrogens is 2. The fraction of sp³-hybridized carbons (Fsp3) is 0.500. The van der Waals surface area contributed by atoms with Gasteiger partial charge < -0.3 is 10.0 Å². The minimum absolute atomic E-state index is 0.0119. The average molecular weight is 385 g/mol. The minimum atomic E-state index is -0.973. The van der Waals surface area contributed by atoms with E-state index in [9.17, 15) is 24.3 Å². The highest BCUT2D eigenvalue weighted by Crippen LogP contribution is 2.40. The molecule has 1 saturated heterocycles. The Labute approximate surface area is 160 Å².